The van der Waals surface area contributed by atoms with Crippen molar-refractivity contribution in [2.45, 2.75) is 31.3 Å². The lowest BCUT2D eigenvalue weighted by molar-refractivity contribution is 0.318. The molecular weight excluding hydrogens is 212 g/mol. The standard InChI is InChI=1S/C14H20N2O/c1-17-14-7-3-2-5-12(14)15-11-8-10-16-9-4-6-13(11)16/h2-3,5,7,11,13,15H,4,6,8-10H2,1H3. The first kappa shape index (κ1) is 10.9. The molecule has 17 heavy (non-hydrogen) atoms. The van der Waals surface area contributed by atoms with Gasteiger partial charge in [-0.15, -0.1) is 0 Å². The molecule has 0 aliphatic carbocycles. The summed E-state index contributed by atoms with van der Waals surface area (Å²) < 4.78 is 5.39. The van der Waals surface area contributed by atoms with Gasteiger partial charge in [-0.3, -0.25) is 4.90 Å². The van der Waals surface area contributed by atoms with E-state index in [9.17, 15) is 0 Å². The number of anilines is 1. The van der Waals surface area contributed by atoms with E-state index in [0.717, 1.165) is 17.5 Å². The van der Waals surface area contributed by atoms with E-state index in [4.69, 9.17) is 4.74 Å². The van der Waals surface area contributed by atoms with Gasteiger partial charge in [0.25, 0.3) is 0 Å². The predicted molar refractivity (Wildman–Crippen MR) is 69.6 cm³/mol. The van der Waals surface area contributed by atoms with Crippen molar-refractivity contribution in [1.29, 1.82) is 0 Å². The first-order valence-corrected chi connectivity index (χ1v) is 6.52. The molecule has 0 spiro atoms. The second-order valence-corrected chi connectivity index (χ2v) is 4.99. The smallest absolute Gasteiger partial charge is 0.141 e. The highest BCUT2D eigenvalue weighted by Crippen LogP contribution is 2.32. The van der Waals surface area contributed by atoms with E-state index in [1.807, 2.05) is 12.1 Å². The molecule has 1 aromatic rings. The fourth-order valence-corrected chi connectivity index (χ4v) is 3.21. The largest absolute Gasteiger partial charge is 0.495 e. The molecule has 2 aliphatic rings. The van der Waals surface area contributed by atoms with Gasteiger partial charge in [-0.2, -0.15) is 0 Å². The highest BCUT2D eigenvalue weighted by Gasteiger charge is 2.37. The van der Waals surface area contributed by atoms with Gasteiger partial charge >= 0.3 is 0 Å². The second kappa shape index (κ2) is 4.57. The quantitative estimate of drug-likeness (QED) is 0.865. The Labute approximate surface area is 103 Å². The van der Waals surface area contributed by atoms with Crippen molar-refractivity contribution in [3.63, 3.8) is 0 Å². The Kier molecular flexibility index (Phi) is 2.93. The van der Waals surface area contributed by atoms with E-state index in [0.29, 0.717) is 6.04 Å². The van der Waals surface area contributed by atoms with Crippen molar-refractivity contribution in [2.75, 3.05) is 25.5 Å². The Morgan fingerprint density at radius 2 is 2.12 bits per heavy atom. The molecule has 0 saturated carbocycles. The van der Waals surface area contributed by atoms with Crippen LogP contribution in [-0.2, 0) is 0 Å². The molecule has 3 nitrogen and oxygen atoms in total. The Balaban J connectivity index is 1.74. The monoisotopic (exact) mass is 232 g/mol. The average molecular weight is 232 g/mol. The number of ether oxygens (including phenoxy) is 1. The minimum atomic E-state index is 0.591. The number of methoxy groups -OCH3 is 1. The van der Waals surface area contributed by atoms with Gasteiger partial charge in [0.05, 0.1) is 12.8 Å². The van der Waals surface area contributed by atoms with Crippen molar-refractivity contribution in [1.82, 2.24) is 4.90 Å². The molecule has 2 saturated heterocycles. The molecule has 2 fully saturated rings. The molecule has 0 aromatic heterocycles. The summed E-state index contributed by atoms with van der Waals surface area (Å²) in [7, 11) is 1.73. The van der Waals surface area contributed by atoms with E-state index >= 15 is 0 Å². The highest BCUT2D eigenvalue weighted by atomic mass is 16.5. The van der Waals surface area contributed by atoms with Crippen LogP contribution in [0.15, 0.2) is 24.3 Å². The van der Waals surface area contributed by atoms with Crippen LogP contribution in [0.4, 0.5) is 5.69 Å². The van der Waals surface area contributed by atoms with E-state index in [-0.39, 0.29) is 0 Å². The van der Waals surface area contributed by atoms with E-state index in [1.54, 1.807) is 7.11 Å². The van der Waals surface area contributed by atoms with E-state index in [1.165, 1.54) is 32.4 Å². The lowest BCUT2D eigenvalue weighted by Crippen LogP contribution is -2.33. The SMILES string of the molecule is COc1ccccc1NC1CCN2CCCC12. The first-order valence-electron chi connectivity index (χ1n) is 6.52. The zero-order chi connectivity index (χ0) is 11.7. The summed E-state index contributed by atoms with van der Waals surface area (Å²) in [6.45, 7) is 2.53. The maximum Gasteiger partial charge on any atom is 0.141 e. The molecule has 92 valence electrons. The molecule has 1 N–H and O–H groups in total. The molecule has 0 radical (unpaired) electrons. The van der Waals surface area contributed by atoms with Crippen LogP contribution >= 0.6 is 0 Å². The fraction of sp³-hybridized carbons (Fsp3) is 0.571. The van der Waals surface area contributed by atoms with Crippen molar-refractivity contribution >= 4 is 5.69 Å². The van der Waals surface area contributed by atoms with Crippen LogP contribution in [0.3, 0.4) is 0 Å². The maximum atomic E-state index is 5.39. The summed E-state index contributed by atoms with van der Waals surface area (Å²) in [5, 5.41) is 3.67. The number of nitrogens with zero attached hydrogens (tertiary/aromatic N) is 1. The molecule has 0 bridgehead atoms. The summed E-state index contributed by atoms with van der Waals surface area (Å²) in [5.41, 5.74) is 1.13. The van der Waals surface area contributed by atoms with Crippen molar-refractivity contribution in [3.8, 4) is 5.75 Å². The lowest BCUT2D eigenvalue weighted by Gasteiger charge is -2.23. The van der Waals surface area contributed by atoms with Gasteiger partial charge in [0.2, 0.25) is 0 Å². The molecule has 3 rings (SSSR count). The molecule has 2 heterocycles. The Morgan fingerprint density at radius 1 is 1.24 bits per heavy atom. The normalized spacial score (nSPS) is 28.1. The van der Waals surface area contributed by atoms with Gasteiger partial charge in [-0.25, -0.2) is 0 Å². The maximum absolute atomic E-state index is 5.39. The number of hydrogen-bond acceptors (Lipinski definition) is 3. The third-order valence-corrected chi connectivity index (χ3v) is 4.05. The minimum Gasteiger partial charge on any atom is -0.495 e. The minimum absolute atomic E-state index is 0.591. The molecule has 2 aliphatic heterocycles. The second-order valence-electron chi connectivity index (χ2n) is 4.99. The molecule has 0 amide bonds. The van der Waals surface area contributed by atoms with Crippen molar-refractivity contribution < 1.29 is 4.74 Å². The summed E-state index contributed by atoms with van der Waals surface area (Å²) >= 11 is 0. The van der Waals surface area contributed by atoms with Crippen molar-refractivity contribution in [2.24, 2.45) is 0 Å². The number of nitrogens with one attached hydrogen (secondary N) is 1. The number of fused-ring (bicyclic) bond motifs is 1. The summed E-state index contributed by atoms with van der Waals surface area (Å²) in [6.07, 6.45) is 3.95. The summed E-state index contributed by atoms with van der Waals surface area (Å²) in [5.74, 6) is 0.948. The fourth-order valence-electron chi connectivity index (χ4n) is 3.21. The predicted octanol–water partition coefficient (Wildman–Crippen LogP) is 2.34. The van der Waals surface area contributed by atoms with Crippen LogP contribution in [-0.4, -0.2) is 37.2 Å². The van der Waals surface area contributed by atoms with Crippen LogP contribution in [0.25, 0.3) is 0 Å². The van der Waals surface area contributed by atoms with Gasteiger partial charge in [0.15, 0.2) is 0 Å². The van der Waals surface area contributed by atoms with Crippen molar-refractivity contribution in [3.05, 3.63) is 24.3 Å². The number of benzene rings is 1. The van der Waals surface area contributed by atoms with E-state index in [2.05, 4.69) is 22.3 Å². The molecular formula is C14H20N2O. The molecule has 2 unspecified atom stereocenters. The third-order valence-electron chi connectivity index (χ3n) is 4.05. The van der Waals surface area contributed by atoms with Gasteiger partial charge in [0.1, 0.15) is 5.75 Å². The topological polar surface area (TPSA) is 24.5 Å². The highest BCUT2D eigenvalue weighted by molar-refractivity contribution is 5.57. The van der Waals surface area contributed by atoms with E-state index < -0.39 is 0 Å². The zero-order valence-electron chi connectivity index (χ0n) is 10.4. The lowest BCUT2D eigenvalue weighted by atomic mass is 10.1. The molecule has 2 atom stereocenters. The van der Waals surface area contributed by atoms with Crippen LogP contribution in [0.2, 0.25) is 0 Å². The Morgan fingerprint density at radius 3 is 3.00 bits per heavy atom. The van der Waals surface area contributed by atoms with Gasteiger partial charge < -0.3 is 10.1 Å². The summed E-state index contributed by atoms with van der Waals surface area (Å²) in [6, 6.07) is 9.53. The summed E-state index contributed by atoms with van der Waals surface area (Å²) in [4.78, 5) is 2.62. The van der Waals surface area contributed by atoms with Gasteiger partial charge in [-0.05, 0) is 37.9 Å². The van der Waals surface area contributed by atoms with Crippen LogP contribution in [0.5, 0.6) is 5.75 Å². The molecule has 1 aromatic carbocycles. The third kappa shape index (κ3) is 2.00. The van der Waals surface area contributed by atoms with Gasteiger partial charge in [-0.1, -0.05) is 12.1 Å². The Hall–Kier alpha value is -1.22. The van der Waals surface area contributed by atoms with Crippen LogP contribution in [0.1, 0.15) is 19.3 Å². The first-order chi connectivity index (χ1) is 8.38. The van der Waals surface area contributed by atoms with Crippen LogP contribution < -0.4 is 10.1 Å². The average Bonchev–Trinajstić information content (AvgIpc) is 2.95. The van der Waals surface area contributed by atoms with Gasteiger partial charge in [0, 0.05) is 18.6 Å². The number of hydrogen-bond donors (Lipinski definition) is 1. The zero-order valence-corrected chi connectivity index (χ0v) is 10.4. The number of rotatable bonds is 3. The molecule has 3 heteroatoms. The number of para-hydroxylation sites is 2. The van der Waals surface area contributed by atoms with Crippen LogP contribution in [0, 0.1) is 0 Å². The Bertz CT molecular complexity index is 394.